The van der Waals surface area contributed by atoms with Gasteiger partial charge >= 0.3 is 5.97 Å². The van der Waals surface area contributed by atoms with Crippen molar-refractivity contribution in [2.75, 3.05) is 0 Å². The quantitative estimate of drug-likeness (QED) is 0.546. The number of rotatable bonds is 2. The van der Waals surface area contributed by atoms with Crippen LogP contribution in [0.1, 0.15) is 17.6 Å². The highest BCUT2D eigenvalue weighted by Crippen LogP contribution is 2.22. The van der Waals surface area contributed by atoms with E-state index in [0.717, 1.165) is 5.69 Å². The highest BCUT2D eigenvalue weighted by atomic mass is 35.5. The molecule has 4 nitrogen and oxygen atoms in total. The summed E-state index contributed by atoms with van der Waals surface area (Å²) in [7, 11) is 1.73. The van der Waals surface area contributed by atoms with Gasteiger partial charge in [-0.3, -0.25) is 0 Å². The van der Waals surface area contributed by atoms with Crippen molar-refractivity contribution in [3.8, 4) is 0 Å². The third-order valence-electron chi connectivity index (χ3n) is 2.01. The minimum atomic E-state index is -1.80. The predicted octanol–water partition coefficient (Wildman–Crippen LogP) is -2.82. The van der Waals surface area contributed by atoms with E-state index in [2.05, 4.69) is 0 Å². The molecule has 0 aromatic carbocycles. The van der Waals surface area contributed by atoms with Gasteiger partial charge in [0.05, 0.1) is 5.38 Å². The largest absolute Gasteiger partial charge is 1.00 e. The molecule has 0 bridgehead atoms. The van der Waals surface area contributed by atoms with E-state index >= 15 is 0 Å². The van der Waals surface area contributed by atoms with E-state index in [1.165, 1.54) is 18.3 Å². The number of aromatic nitrogens is 1. The van der Waals surface area contributed by atoms with Crippen LogP contribution in [0.25, 0.3) is 0 Å². The molecule has 0 fully saturated rings. The van der Waals surface area contributed by atoms with Crippen molar-refractivity contribution in [2.24, 2.45) is 7.05 Å². The molecule has 0 saturated heterocycles. The maximum Gasteiger partial charge on any atom is 0.347 e. The molecule has 0 aliphatic rings. The Labute approximate surface area is 92.2 Å². The van der Waals surface area contributed by atoms with Gasteiger partial charge in [0, 0.05) is 6.92 Å². The molecule has 0 amide bonds. The molecule has 1 rings (SSSR count). The van der Waals surface area contributed by atoms with Gasteiger partial charge in [0.1, 0.15) is 7.05 Å². The van der Waals surface area contributed by atoms with Gasteiger partial charge in [0.25, 0.3) is 10.6 Å². The second-order valence-corrected chi connectivity index (χ2v) is 3.98. The summed E-state index contributed by atoms with van der Waals surface area (Å²) in [6, 6.07) is 0. The Kier molecular flexibility index (Phi) is 4.05. The van der Waals surface area contributed by atoms with Crippen LogP contribution in [0, 0.1) is 6.92 Å². The Morgan fingerprint density at radius 3 is 2.43 bits per heavy atom. The Morgan fingerprint density at radius 2 is 2.14 bits per heavy atom. The van der Waals surface area contributed by atoms with Gasteiger partial charge < -0.3 is 22.6 Å². The molecule has 1 aromatic heterocycles. The number of halogens is 1. The molecule has 1 atom stereocenters. The zero-order valence-electron chi connectivity index (χ0n) is 8.11. The van der Waals surface area contributed by atoms with Crippen LogP contribution in [0.4, 0.5) is 0 Å². The molecule has 2 N–H and O–H groups in total. The lowest BCUT2D eigenvalue weighted by Crippen LogP contribution is -3.00. The van der Waals surface area contributed by atoms with Gasteiger partial charge in [-0.25, -0.2) is 4.79 Å². The SMILES string of the molecule is Cc1csc(C(C)(O)C(=O)O)[n+]1C.[Cl-]. The Bertz CT molecular complexity index is 348. The number of hydrogen-bond acceptors (Lipinski definition) is 3. The summed E-state index contributed by atoms with van der Waals surface area (Å²) in [5.41, 5.74) is -0.866. The number of carboxylic acids is 1. The van der Waals surface area contributed by atoms with Gasteiger partial charge in [-0.1, -0.05) is 11.3 Å². The summed E-state index contributed by atoms with van der Waals surface area (Å²) in [5, 5.41) is 20.7. The van der Waals surface area contributed by atoms with E-state index in [0.29, 0.717) is 5.01 Å². The van der Waals surface area contributed by atoms with Gasteiger partial charge in [-0.15, -0.1) is 0 Å². The van der Waals surface area contributed by atoms with E-state index in [1.807, 2.05) is 12.3 Å². The number of aliphatic carboxylic acids is 1. The number of aryl methyl sites for hydroxylation is 1. The van der Waals surface area contributed by atoms with Crippen molar-refractivity contribution in [3.05, 3.63) is 16.1 Å². The number of hydrogen-bond donors (Lipinski definition) is 2. The standard InChI is InChI=1S/C8H11NO3S.ClH/c1-5-4-13-6(9(5)3)8(2,12)7(10)11;/h4,12H,1-3H3;1H. The van der Waals surface area contributed by atoms with Crippen LogP contribution < -0.4 is 17.0 Å². The van der Waals surface area contributed by atoms with E-state index < -0.39 is 11.6 Å². The summed E-state index contributed by atoms with van der Waals surface area (Å²) in [4.78, 5) is 10.7. The summed E-state index contributed by atoms with van der Waals surface area (Å²) in [6.45, 7) is 3.14. The normalized spacial score (nSPS) is 14.3. The zero-order chi connectivity index (χ0) is 10.2. The van der Waals surface area contributed by atoms with Crippen LogP contribution in [-0.2, 0) is 17.4 Å². The Hall–Kier alpha value is -0.650. The third-order valence-corrected chi connectivity index (χ3v) is 3.36. The van der Waals surface area contributed by atoms with E-state index in [9.17, 15) is 9.90 Å². The second kappa shape index (κ2) is 4.25. The fraction of sp³-hybridized carbons (Fsp3) is 0.500. The molecule has 0 saturated carbocycles. The van der Waals surface area contributed by atoms with Gasteiger partial charge in [-0.2, -0.15) is 4.57 Å². The van der Waals surface area contributed by atoms with Crippen molar-refractivity contribution in [1.29, 1.82) is 0 Å². The fourth-order valence-electron chi connectivity index (χ4n) is 0.992. The van der Waals surface area contributed by atoms with Crippen LogP contribution in [0.5, 0.6) is 0 Å². The second-order valence-electron chi connectivity index (χ2n) is 3.12. The molecule has 1 unspecified atom stereocenters. The van der Waals surface area contributed by atoms with Crippen molar-refractivity contribution in [1.82, 2.24) is 0 Å². The minimum Gasteiger partial charge on any atom is -1.00 e. The van der Waals surface area contributed by atoms with Crippen LogP contribution in [0.15, 0.2) is 5.38 Å². The molecule has 0 radical (unpaired) electrons. The smallest absolute Gasteiger partial charge is 0.347 e. The molecular formula is C8H12ClNO3S. The molecule has 1 aromatic rings. The third kappa shape index (κ3) is 2.05. The van der Waals surface area contributed by atoms with Crippen molar-refractivity contribution >= 4 is 17.3 Å². The summed E-state index contributed by atoms with van der Waals surface area (Å²) in [6.07, 6.45) is 0. The van der Waals surface area contributed by atoms with E-state index in [-0.39, 0.29) is 12.4 Å². The molecule has 0 aliphatic heterocycles. The van der Waals surface area contributed by atoms with Crippen molar-refractivity contribution in [3.63, 3.8) is 0 Å². The minimum absolute atomic E-state index is 0. The summed E-state index contributed by atoms with van der Waals surface area (Å²) >= 11 is 1.24. The molecule has 14 heavy (non-hydrogen) atoms. The summed E-state index contributed by atoms with van der Waals surface area (Å²) in [5.74, 6) is -1.23. The van der Waals surface area contributed by atoms with E-state index in [1.54, 1.807) is 11.6 Å². The van der Waals surface area contributed by atoms with Gasteiger partial charge in [-0.05, 0) is 6.92 Å². The first-order valence-corrected chi connectivity index (χ1v) is 4.65. The molecule has 6 heteroatoms. The van der Waals surface area contributed by atoms with Crippen molar-refractivity contribution in [2.45, 2.75) is 19.4 Å². The average molecular weight is 238 g/mol. The molecule has 1 heterocycles. The topological polar surface area (TPSA) is 61.4 Å². The highest BCUT2D eigenvalue weighted by Gasteiger charge is 2.42. The predicted molar refractivity (Wildman–Crippen MR) is 47.4 cm³/mol. The van der Waals surface area contributed by atoms with Crippen LogP contribution in [0.2, 0.25) is 0 Å². The van der Waals surface area contributed by atoms with Crippen LogP contribution in [0.3, 0.4) is 0 Å². The van der Waals surface area contributed by atoms with Gasteiger partial charge in [0.15, 0.2) is 5.69 Å². The van der Waals surface area contributed by atoms with Crippen LogP contribution >= 0.6 is 11.3 Å². The Morgan fingerprint density at radius 1 is 1.64 bits per heavy atom. The first kappa shape index (κ1) is 13.4. The number of aliphatic hydroxyl groups is 1. The highest BCUT2D eigenvalue weighted by molar-refractivity contribution is 7.09. The molecular weight excluding hydrogens is 226 g/mol. The first-order chi connectivity index (χ1) is 5.87. The average Bonchev–Trinajstić information content (AvgIpc) is 2.33. The molecule has 0 aliphatic carbocycles. The molecule has 0 spiro atoms. The maximum absolute atomic E-state index is 10.7. The Balaban J connectivity index is 0.00000169. The fourth-order valence-corrected chi connectivity index (χ4v) is 2.05. The van der Waals surface area contributed by atoms with Gasteiger partial charge in [0.2, 0.25) is 0 Å². The maximum atomic E-state index is 10.7. The number of carboxylic acid groups (broad SMARTS) is 1. The molecule has 80 valence electrons. The first-order valence-electron chi connectivity index (χ1n) is 3.77. The number of carbonyl (C=O) groups is 1. The van der Waals surface area contributed by atoms with Crippen molar-refractivity contribution < 1.29 is 32.0 Å². The lowest BCUT2D eigenvalue weighted by Gasteiger charge is -2.11. The number of thiazole rings is 1. The van der Waals surface area contributed by atoms with E-state index in [4.69, 9.17) is 5.11 Å². The summed E-state index contributed by atoms with van der Waals surface area (Å²) < 4.78 is 1.68. The monoisotopic (exact) mass is 237 g/mol. The lowest BCUT2D eigenvalue weighted by atomic mass is 10.1. The zero-order valence-corrected chi connectivity index (χ0v) is 9.69. The number of nitrogens with zero attached hydrogens (tertiary/aromatic N) is 1. The lowest BCUT2D eigenvalue weighted by molar-refractivity contribution is -0.685. The van der Waals surface area contributed by atoms with Crippen LogP contribution in [-0.4, -0.2) is 16.2 Å².